The standard InChI is InChI=1S/C9H6ClIN2O2/c1-15-9(14)5-2-3-13-6(4-5)12-7(10)8(13)11/h2-4H,1H3. The van der Waals surface area contributed by atoms with Gasteiger partial charge < -0.3 is 4.74 Å². The van der Waals surface area contributed by atoms with Crippen molar-refractivity contribution >= 4 is 45.8 Å². The minimum absolute atomic E-state index is 0.383. The van der Waals surface area contributed by atoms with Crippen LogP contribution in [-0.2, 0) is 4.74 Å². The summed E-state index contributed by atoms with van der Waals surface area (Å²) in [6.07, 6.45) is 1.74. The molecule has 0 N–H and O–H groups in total. The molecule has 78 valence electrons. The van der Waals surface area contributed by atoms with Crippen molar-refractivity contribution in [3.05, 3.63) is 32.7 Å². The summed E-state index contributed by atoms with van der Waals surface area (Å²) in [6.45, 7) is 0. The highest BCUT2D eigenvalue weighted by Crippen LogP contribution is 2.20. The molecule has 2 heterocycles. The van der Waals surface area contributed by atoms with Crippen molar-refractivity contribution in [2.24, 2.45) is 0 Å². The van der Waals surface area contributed by atoms with Crippen LogP contribution in [0.2, 0.25) is 5.15 Å². The number of pyridine rings is 1. The molecule has 0 saturated carbocycles. The number of aromatic nitrogens is 2. The van der Waals surface area contributed by atoms with Crippen LogP contribution in [-0.4, -0.2) is 22.5 Å². The second-order valence-corrected chi connectivity index (χ2v) is 4.21. The summed E-state index contributed by atoms with van der Waals surface area (Å²) < 4.78 is 7.23. The van der Waals surface area contributed by atoms with Gasteiger partial charge in [0.2, 0.25) is 0 Å². The number of carbonyl (C=O) groups excluding carboxylic acids is 1. The molecule has 0 fully saturated rings. The summed E-state index contributed by atoms with van der Waals surface area (Å²) in [5, 5.41) is 0.428. The van der Waals surface area contributed by atoms with E-state index in [1.54, 1.807) is 22.7 Å². The number of carbonyl (C=O) groups is 1. The van der Waals surface area contributed by atoms with Gasteiger partial charge >= 0.3 is 5.97 Å². The predicted octanol–water partition coefficient (Wildman–Crippen LogP) is 2.38. The van der Waals surface area contributed by atoms with Gasteiger partial charge in [0, 0.05) is 6.20 Å². The van der Waals surface area contributed by atoms with E-state index in [0.717, 1.165) is 3.70 Å². The zero-order valence-electron chi connectivity index (χ0n) is 7.70. The van der Waals surface area contributed by atoms with Crippen molar-refractivity contribution in [2.45, 2.75) is 0 Å². The van der Waals surface area contributed by atoms with Crippen molar-refractivity contribution in [2.75, 3.05) is 7.11 Å². The second kappa shape index (κ2) is 3.97. The maximum Gasteiger partial charge on any atom is 0.338 e. The number of nitrogens with zero attached hydrogens (tertiary/aromatic N) is 2. The average Bonchev–Trinajstić information content (AvgIpc) is 2.53. The first-order valence-electron chi connectivity index (χ1n) is 4.05. The molecule has 2 aromatic rings. The lowest BCUT2D eigenvalue weighted by molar-refractivity contribution is 0.0600. The molecular formula is C9H6ClIN2O2. The lowest BCUT2D eigenvalue weighted by Crippen LogP contribution is -2.02. The molecule has 0 aromatic carbocycles. The highest BCUT2D eigenvalue weighted by Gasteiger charge is 2.10. The van der Waals surface area contributed by atoms with Crippen LogP contribution in [0.15, 0.2) is 18.3 Å². The molecule has 0 unspecified atom stereocenters. The van der Waals surface area contributed by atoms with E-state index in [2.05, 4.69) is 32.3 Å². The Kier molecular flexibility index (Phi) is 2.83. The Balaban J connectivity index is 2.62. The van der Waals surface area contributed by atoms with E-state index in [0.29, 0.717) is 16.4 Å². The van der Waals surface area contributed by atoms with Gasteiger partial charge in [0.05, 0.1) is 12.7 Å². The largest absolute Gasteiger partial charge is 0.465 e. The van der Waals surface area contributed by atoms with Crippen LogP contribution in [0.5, 0.6) is 0 Å². The molecule has 2 rings (SSSR count). The van der Waals surface area contributed by atoms with E-state index >= 15 is 0 Å². The van der Waals surface area contributed by atoms with Gasteiger partial charge in [-0.05, 0) is 34.7 Å². The van der Waals surface area contributed by atoms with Crippen molar-refractivity contribution in [1.82, 2.24) is 9.38 Å². The molecule has 6 heteroatoms. The Morgan fingerprint density at radius 3 is 3.07 bits per heavy atom. The molecule has 0 aliphatic rings. The van der Waals surface area contributed by atoms with Crippen LogP contribution in [0.1, 0.15) is 10.4 Å². The molecule has 0 aliphatic carbocycles. The van der Waals surface area contributed by atoms with Crippen LogP contribution in [0.25, 0.3) is 5.65 Å². The molecule has 0 saturated heterocycles. The van der Waals surface area contributed by atoms with Gasteiger partial charge in [-0.1, -0.05) is 11.6 Å². The van der Waals surface area contributed by atoms with Crippen molar-refractivity contribution in [1.29, 1.82) is 0 Å². The maximum absolute atomic E-state index is 11.3. The number of ether oxygens (including phenoxy) is 1. The third-order valence-corrected chi connectivity index (χ3v) is 3.56. The third kappa shape index (κ3) is 1.81. The fourth-order valence-electron chi connectivity index (χ4n) is 1.23. The molecule has 0 radical (unpaired) electrons. The Morgan fingerprint density at radius 2 is 2.40 bits per heavy atom. The topological polar surface area (TPSA) is 43.6 Å². The van der Waals surface area contributed by atoms with Crippen LogP contribution in [0.3, 0.4) is 0 Å². The molecule has 0 bridgehead atoms. The average molecular weight is 337 g/mol. The van der Waals surface area contributed by atoms with Gasteiger partial charge in [-0.25, -0.2) is 9.78 Å². The number of methoxy groups -OCH3 is 1. The molecule has 0 spiro atoms. The van der Waals surface area contributed by atoms with Crippen LogP contribution < -0.4 is 0 Å². The van der Waals surface area contributed by atoms with E-state index in [1.165, 1.54) is 7.11 Å². The lowest BCUT2D eigenvalue weighted by Gasteiger charge is -1.99. The number of rotatable bonds is 1. The smallest absolute Gasteiger partial charge is 0.338 e. The number of hydrogen-bond donors (Lipinski definition) is 0. The summed E-state index contributed by atoms with van der Waals surface area (Å²) >= 11 is 7.95. The van der Waals surface area contributed by atoms with E-state index in [-0.39, 0.29) is 5.97 Å². The first-order chi connectivity index (χ1) is 7.13. The number of halogens is 2. The Bertz CT molecular complexity index is 538. The zero-order chi connectivity index (χ0) is 11.0. The maximum atomic E-state index is 11.3. The van der Waals surface area contributed by atoms with Gasteiger partial charge in [-0.15, -0.1) is 0 Å². The normalized spacial score (nSPS) is 10.6. The lowest BCUT2D eigenvalue weighted by atomic mass is 10.3. The van der Waals surface area contributed by atoms with Crippen LogP contribution in [0, 0.1) is 3.70 Å². The minimum atomic E-state index is -0.383. The molecule has 0 amide bonds. The molecular weight excluding hydrogens is 330 g/mol. The molecule has 4 nitrogen and oxygen atoms in total. The summed E-state index contributed by atoms with van der Waals surface area (Å²) in [6, 6.07) is 3.30. The summed E-state index contributed by atoms with van der Waals surface area (Å²) in [5.41, 5.74) is 1.09. The van der Waals surface area contributed by atoms with Gasteiger partial charge in [-0.2, -0.15) is 0 Å². The predicted molar refractivity (Wildman–Crippen MR) is 64.3 cm³/mol. The summed E-state index contributed by atoms with van der Waals surface area (Å²) in [7, 11) is 1.34. The number of hydrogen-bond acceptors (Lipinski definition) is 3. The Morgan fingerprint density at radius 1 is 1.67 bits per heavy atom. The van der Waals surface area contributed by atoms with E-state index < -0.39 is 0 Å². The monoisotopic (exact) mass is 336 g/mol. The van der Waals surface area contributed by atoms with Crippen molar-refractivity contribution < 1.29 is 9.53 Å². The first-order valence-corrected chi connectivity index (χ1v) is 5.50. The zero-order valence-corrected chi connectivity index (χ0v) is 10.6. The van der Waals surface area contributed by atoms with Crippen molar-refractivity contribution in [3.8, 4) is 0 Å². The van der Waals surface area contributed by atoms with E-state index in [1.807, 2.05) is 0 Å². The van der Waals surface area contributed by atoms with E-state index in [4.69, 9.17) is 11.6 Å². The molecule has 0 atom stereocenters. The summed E-state index contributed by atoms with van der Waals surface area (Å²) in [5.74, 6) is -0.383. The third-order valence-electron chi connectivity index (χ3n) is 1.95. The first kappa shape index (κ1) is 10.7. The van der Waals surface area contributed by atoms with Crippen LogP contribution in [0.4, 0.5) is 0 Å². The number of imidazole rings is 1. The number of esters is 1. The Labute approximate surface area is 104 Å². The summed E-state index contributed by atoms with van der Waals surface area (Å²) in [4.78, 5) is 15.4. The fraction of sp³-hybridized carbons (Fsp3) is 0.111. The quantitative estimate of drug-likeness (QED) is 0.593. The van der Waals surface area contributed by atoms with Crippen LogP contribution >= 0.6 is 34.2 Å². The van der Waals surface area contributed by atoms with Gasteiger partial charge in [0.15, 0.2) is 5.15 Å². The SMILES string of the molecule is COC(=O)c1ccn2c(I)c(Cl)nc2c1. The van der Waals surface area contributed by atoms with Gasteiger partial charge in [-0.3, -0.25) is 4.40 Å². The minimum Gasteiger partial charge on any atom is -0.465 e. The molecule has 15 heavy (non-hydrogen) atoms. The van der Waals surface area contributed by atoms with Crippen molar-refractivity contribution in [3.63, 3.8) is 0 Å². The number of fused-ring (bicyclic) bond motifs is 1. The highest BCUT2D eigenvalue weighted by atomic mass is 127. The van der Waals surface area contributed by atoms with Gasteiger partial charge in [0.25, 0.3) is 0 Å². The van der Waals surface area contributed by atoms with E-state index in [9.17, 15) is 4.79 Å². The molecule has 2 aromatic heterocycles. The Hall–Kier alpha value is -0.820. The highest BCUT2D eigenvalue weighted by molar-refractivity contribution is 14.1. The van der Waals surface area contributed by atoms with Gasteiger partial charge in [0.1, 0.15) is 9.35 Å². The fourth-order valence-corrected chi connectivity index (χ4v) is 1.94. The second-order valence-electron chi connectivity index (χ2n) is 2.83. The molecule has 0 aliphatic heterocycles.